The highest BCUT2D eigenvalue weighted by molar-refractivity contribution is 7.53. The number of nitrogens with zero attached hydrogens (tertiary/aromatic N) is 4. The van der Waals surface area contributed by atoms with Gasteiger partial charge in [-0.3, -0.25) is 24.8 Å². The van der Waals surface area contributed by atoms with E-state index < -0.39 is 23.5 Å². The van der Waals surface area contributed by atoms with Crippen LogP contribution in [0.3, 0.4) is 0 Å². The third-order valence-corrected chi connectivity index (χ3v) is 6.08. The van der Waals surface area contributed by atoms with Crippen LogP contribution in [0.2, 0.25) is 0 Å². The normalized spacial score (nSPS) is 13.6. The lowest BCUT2D eigenvalue weighted by molar-refractivity contribution is -0.384. The topological polar surface area (TPSA) is 173 Å². The van der Waals surface area contributed by atoms with Gasteiger partial charge in [0.05, 0.1) is 28.2 Å². The van der Waals surface area contributed by atoms with Gasteiger partial charge in [0.25, 0.3) is 5.69 Å². The molecule has 1 N–H and O–H groups in total. The molecule has 3 aromatic carbocycles. The summed E-state index contributed by atoms with van der Waals surface area (Å²) < 4.78 is 28.7. The maximum Gasteiger partial charge on any atom is 0.376 e. The van der Waals surface area contributed by atoms with E-state index in [4.69, 9.17) is 13.7 Å². The average Bonchev–Trinajstić information content (AvgIpc) is 3.32. The van der Waals surface area contributed by atoms with Crippen LogP contribution in [0.25, 0.3) is 11.0 Å². The van der Waals surface area contributed by atoms with Gasteiger partial charge in [-0.2, -0.15) is 0 Å². The lowest BCUT2D eigenvalue weighted by Crippen LogP contribution is -2.17. The Morgan fingerprint density at radius 3 is 2.31 bits per heavy atom. The summed E-state index contributed by atoms with van der Waals surface area (Å²) in [5, 5.41) is 32.6. The maximum absolute atomic E-state index is 13.0. The first-order valence-corrected chi connectivity index (χ1v) is 12.1. The Kier molecular flexibility index (Phi) is 6.71. The highest BCUT2D eigenvalue weighted by atomic mass is 31.2. The summed E-state index contributed by atoms with van der Waals surface area (Å²) in [6.07, 6.45) is 0. The highest BCUT2D eigenvalue weighted by Gasteiger charge is 2.25. The largest absolute Gasteiger partial charge is 0.425 e. The fourth-order valence-electron chi connectivity index (χ4n) is 3.27. The molecule has 0 fully saturated rings. The lowest BCUT2D eigenvalue weighted by atomic mass is 10.1. The van der Waals surface area contributed by atoms with E-state index >= 15 is 0 Å². The Bertz CT molecular complexity index is 1410. The molecule has 1 aromatic heterocycles. The second-order valence-corrected chi connectivity index (χ2v) is 9.35. The first-order valence-electron chi connectivity index (χ1n) is 10.1. The van der Waals surface area contributed by atoms with E-state index in [1.54, 1.807) is 0 Å². The molecule has 180 valence electrons. The van der Waals surface area contributed by atoms with Gasteiger partial charge < -0.3 is 9.84 Å². The van der Waals surface area contributed by atoms with Gasteiger partial charge in [-0.15, -0.1) is 0 Å². The third kappa shape index (κ3) is 5.60. The van der Waals surface area contributed by atoms with Crippen molar-refractivity contribution >= 4 is 35.7 Å². The van der Waals surface area contributed by atoms with E-state index in [1.165, 1.54) is 43.1 Å². The molecule has 1 unspecified atom stereocenters. The van der Waals surface area contributed by atoms with E-state index in [0.29, 0.717) is 5.69 Å². The summed E-state index contributed by atoms with van der Waals surface area (Å²) in [7, 11) is -3.64. The first kappa shape index (κ1) is 23.8. The number of nitro benzene ring substituents is 2. The molecule has 0 saturated carbocycles. The summed E-state index contributed by atoms with van der Waals surface area (Å²) in [5.41, 5.74) is 0.915. The van der Waals surface area contributed by atoms with Gasteiger partial charge in [0.15, 0.2) is 5.52 Å². The first-order chi connectivity index (χ1) is 16.7. The third-order valence-electron chi connectivity index (χ3n) is 4.92. The number of fused-ring (bicyclic) bond motifs is 1. The Labute approximate surface area is 197 Å². The molecule has 14 heteroatoms. The van der Waals surface area contributed by atoms with Gasteiger partial charge >= 0.3 is 13.3 Å². The van der Waals surface area contributed by atoms with Crippen LogP contribution >= 0.6 is 7.60 Å². The minimum Gasteiger partial charge on any atom is -0.425 e. The van der Waals surface area contributed by atoms with Crippen molar-refractivity contribution in [2.75, 3.05) is 18.6 Å². The molecule has 0 bridgehead atoms. The number of aromatic nitrogens is 2. The number of hydrogen-bond acceptors (Lipinski definition) is 11. The van der Waals surface area contributed by atoms with Crippen LogP contribution in [0.15, 0.2) is 71.4 Å². The second-order valence-electron chi connectivity index (χ2n) is 7.37. The van der Waals surface area contributed by atoms with Crippen LogP contribution in [-0.2, 0) is 9.09 Å². The van der Waals surface area contributed by atoms with E-state index in [0.717, 1.165) is 5.56 Å². The molecule has 0 spiro atoms. The number of rotatable bonds is 10. The fourth-order valence-corrected chi connectivity index (χ4v) is 4.25. The maximum atomic E-state index is 13.0. The molecule has 0 aliphatic carbocycles. The van der Waals surface area contributed by atoms with Crippen LogP contribution in [-0.4, -0.2) is 33.4 Å². The van der Waals surface area contributed by atoms with Crippen molar-refractivity contribution in [2.24, 2.45) is 0 Å². The van der Waals surface area contributed by atoms with Crippen LogP contribution < -0.4 is 9.84 Å². The zero-order valence-electron chi connectivity index (χ0n) is 18.1. The molecule has 2 atom stereocenters. The minimum absolute atomic E-state index is 0.0182. The summed E-state index contributed by atoms with van der Waals surface area (Å²) in [4.78, 5) is 20.9. The number of anilines is 1. The molecule has 0 aliphatic rings. The van der Waals surface area contributed by atoms with Crippen molar-refractivity contribution in [3.63, 3.8) is 0 Å². The second kappa shape index (κ2) is 9.87. The Hall–Kier alpha value is -4.35. The predicted molar refractivity (Wildman–Crippen MR) is 124 cm³/mol. The lowest BCUT2D eigenvalue weighted by Gasteiger charge is -2.23. The van der Waals surface area contributed by atoms with E-state index in [2.05, 4.69) is 15.6 Å². The van der Waals surface area contributed by atoms with Gasteiger partial charge in [0.1, 0.15) is 5.75 Å². The van der Waals surface area contributed by atoms with Crippen molar-refractivity contribution in [2.45, 2.75) is 6.04 Å². The monoisotopic (exact) mass is 499 g/mol. The standard InChI is InChI=1S/C21H18N5O8P/c1-35(31,33-16-9-7-15(8-10-16)25(27)28)32-13-18(14-5-3-2-4-6-14)22-17-11-12-19(26(29)30)21-20(17)23-34-24-21/h2-12,18,22H,13H2,1H3/t18-,35?/m0/s1. The van der Waals surface area contributed by atoms with E-state index in [1.807, 2.05) is 30.3 Å². The quantitative estimate of drug-likeness (QED) is 0.174. The van der Waals surface area contributed by atoms with Gasteiger partial charge in [0.2, 0.25) is 5.52 Å². The zero-order chi connectivity index (χ0) is 25.0. The fraction of sp³-hybridized carbons (Fsp3) is 0.143. The van der Waals surface area contributed by atoms with Crippen LogP contribution in [0.5, 0.6) is 5.75 Å². The number of non-ortho nitro benzene ring substituents is 2. The van der Waals surface area contributed by atoms with Gasteiger partial charge in [-0.1, -0.05) is 30.3 Å². The average molecular weight is 499 g/mol. The minimum atomic E-state index is -3.64. The molecule has 0 saturated heterocycles. The molecule has 4 aromatic rings. The van der Waals surface area contributed by atoms with Gasteiger partial charge in [0, 0.05) is 24.9 Å². The molecule has 35 heavy (non-hydrogen) atoms. The summed E-state index contributed by atoms with van der Waals surface area (Å²) in [6.45, 7) is 1.16. The van der Waals surface area contributed by atoms with E-state index in [-0.39, 0.29) is 34.8 Å². The van der Waals surface area contributed by atoms with E-state index in [9.17, 15) is 24.8 Å². The molecule has 4 rings (SSSR count). The molecule has 13 nitrogen and oxygen atoms in total. The highest BCUT2D eigenvalue weighted by Crippen LogP contribution is 2.45. The smallest absolute Gasteiger partial charge is 0.376 e. The summed E-state index contributed by atoms with van der Waals surface area (Å²) in [5.74, 6) is 0.149. The molecular formula is C21H18N5O8P. The van der Waals surface area contributed by atoms with Gasteiger partial charge in [-0.05, 0) is 34.1 Å². The molecule has 0 amide bonds. The zero-order valence-corrected chi connectivity index (χ0v) is 19.0. The summed E-state index contributed by atoms with van der Waals surface area (Å²) >= 11 is 0. The van der Waals surface area contributed by atoms with Crippen LogP contribution in [0.1, 0.15) is 11.6 Å². The Morgan fingerprint density at radius 1 is 0.971 bits per heavy atom. The van der Waals surface area contributed by atoms with Crippen molar-refractivity contribution in [1.29, 1.82) is 0 Å². The van der Waals surface area contributed by atoms with Crippen molar-refractivity contribution in [1.82, 2.24) is 10.3 Å². The number of hydrogen-bond donors (Lipinski definition) is 1. The van der Waals surface area contributed by atoms with Crippen LogP contribution in [0.4, 0.5) is 17.1 Å². The molecule has 0 aliphatic heterocycles. The number of nitrogens with one attached hydrogen (secondary N) is 1. The van der Waals surface area contributed by atoms with Crippen molar-refractivity contribution < 1.29 is 28.1 Å². The molecule has 0 radical (unpaired) electrons. The van der Waals surface area contributed by atoms with Crippen molar-refractivity contribution in [3.8, 4) is 5.75 Å². The summed E-state index contributed by atoms with van der Waals surface area (Å²) in [6, 6.07) is 16.4. The number of nitro groups is 2. The molecular weight excluding hydrogens is 481 g/mol. The number of benzene rings is 3. The molecule has 1 heterocycles. The SMILES string of the molecule is CP(=O)(OC[C@H](Nc1ccc([N+](=O)[O-])c2nonc12)c1ccccc1)Oc1ccc([N+](=O)[O-])cc1. The Balaban J connectivity index is 1.54. The van der Waals surface area contributed by atoms with Crippen molar-refractivity contribution in [3.05, 3.63) is 92.5 Å². The predicted octanol–water partition coefficient (Wildman–Crippen LogP) is 5.11. The Morgan fingerprint density at radius 2 is 1.66 bits per heavy atom. The van der Waals surface area contributed by atoms with Gasteiger partial charge in [-0.25, -0.2) is 9.19 Å². The van der Waals surface area contributed by atoms with Crippen LogP contribution in [0, 0.1) is 20.2 Å².